The summed E-state index contributed by atoms with van der Waals surface area (Å²) < 4.78 is 11.2. The first-order chi connectivity index (χ1) is 11.1. The summed E-state index contributed by atoms with van der Waals surface area (Å²) in [7, 11) is 0. The van der Waals surface area contributed by atoms with Crippen molar-refractivity contribution in [3.05, 3.63) is 65.2 Å². The summed E-state index contributed by atoms with van der Waals surface area (Å²) in [4.78, 5) is 11.0. The van der Waals surface area contributed by atoms with Crippen molar-refractivity contribution in [3.63, 3.8) is 0 Å². The summed E-state index contributed by atoms with van der Waals surface area (Å²) in [5.74, 6) is 1.46. The average molecular weight is 308 g/mol. The number of carbonyl (C=O) groups excluding carboxylic acids is 1. The van der Waals surface area contributed by atoms with Crippen molar-refractivity contribution >= 4 is 12.0 Å². The quantitative estimate of drug-likeness (QED) is 0.598. The first-order valence-electron chi connectivity index (χ1n) is 7.80. The minimum absolute atomic E-state index is 0.0164. The lowest BCUT2D eigenvalue weighted by Gasteiger charge is -2.16. The number of benzene rings is 2. The van der Waals surface area contributed by atoms with E-state index < -0.39 is 0 Å². The number of hydrogen-bond donors (Lipinski definition) is 0. The number of allylic oxidation sites excluding steroid dienone is 1. The fourth-order valence-corrected chi connectivity index (χ4v) is 2.98. The fraction of sp³-hybridized carbons (Fsp3) is 0.250. The van der Waals surface area contributed by atoms with E-state index in [0.717, 1.165) is 11.3 Å². The van der Waals surface area contributed by atoms with Gasteiger partial charge in [0.05, 0.1) is 0 Å². The van der Waals surface area contributed by atoms with Gasteiger partial charge in [-0.05, 0) is 42.3 Å². The van der Waals surface area contributed by atoms with Gasteiger partial charge in [-0.1, -0.05) is 37.3 Å². The lowest BCUT2D eigenvalue weighted by molar-refractivity contribution is -0.131. The van der Waals surface area contributed by atoms with Gasteiger partial charge in [0, 0.05) is 18.4 Å². The van der Waals surface area contributed by atoms with Gasteiger partial charge in [0.15, 0.2) is 0 Å². The van der Waals surface area contributed by atoms with Crippen LogP contribution in [0.3, 0.4) is 0 Å². The predicted molar refractivity (Wildman–Crippen MR) is 90.7 cm³/mol. The molecule has 3 nitrogen and oxygen atoms in total. The standard InChI is InChI=1S/C20H20O3/c1-4-5-15-6-11-19-18(12-15)13(2)20(23-19)16-7-9-17(10-8-16)22-14(3)21/h4-13,20H,1-3H3/b5-4+/t13-,20-/m0/s1. The average Bonchev–Trinajstić information content (AvgIpc) is 2.85. The van der Waals surface area contributed by atoms with Crippen LogP contribution in [0, 0.1) is 0 Å². The highest BCUT2D eigenvalue weighted by Gasteiger charge is 2.32. The number of hydrogen-bond acceptors (Lipinski definition) is 3. The monoisotopic (exact) mass is 308 g/mol. The summed E-state index contributed by atoms with van der Waals surface area (Å²) in [5, 5.41) is 0. The third-order valence-electron chi connectivity index (χ3n) is 4.06. The second-order valence-electron chi connectivity index (χ2n) is 5.79. The molecular formula is C20H20O3. The Hall–Kier alpha value is -2.55. The number of esters is 1. The molecule has 0 aliphatic carbocycles. The molecule has 0 saturated heterocycles. The van der Waals surface area contributed by atoms with Gasteiger partial charge in [0.2, 0.25) is 0 Å². The van der Waals surface area contributed by atoms with E-state index in [-0.39, 0.29) is 18.0 Å². The molecule has 118 valence electrons. The molecule has 0 unspecified atom stereocenters. The molecule has 2 aromatic rings. The highest BCUT2D eigenvalue weighted by Crippen LogP contribution is 2.46. The van der Waals surface area contributed by atoms with E-state index in [2.05, 4.69) is 25.1 Å². The van der Waals surface area contributed by atoms with Crippen LogP contribution >= 0.6 is 0 Å². The van der Waals surface area contributed by atoms with E-state index in [9.17, 15) is 4.79 Å². The van der Waals surface area contributed by atoms with Gasteiger partial charge in [-0.15, -0.1) is 0 Å². The van der Waals surface area contributed by atoms with Gasteiger partial charge in [0.1, 0.15) is 17.6 Å². The molecule has 2 atom stereocenters. The van der Waals surface area contributed by atoms with Crippen molar-refractivity contribution in [2.45, 2.75) is 32.8 Å². The zero-order chi connectivity index (χ0) is 16.4. The van der Waals surface area contributed by atoms with Gasteiger partial charge < -0.3 is 9.47 Å². The van der Waals surface area contributed by atoms with Gasteiger partial charge in [0.25, 0.3) is 0 Å². The van der Waals surface area contributed by atoms with Gasteiger partial charge in [-0.3, -0.25) is 4.79 Å². The fourth-order valence-electron chi connectivity index (χ4n) is 2.98. The Bertz CT molecular complexity index is 744. The van der Waals surface area contributed by atoms with Gasteiger partial charge in [-0.2, -0.15) is 0 Å². The highest BCUT2D eigenvalue weighted by molar-refractivity contribution is 5.69. The number of carbonyl (C=O) groups is 1. The van der Waals surface area contributed by atoms with Crippen LogP contribution in [0.4, 0.5) is 0 Å². The van der Waals surface area contributed by atoms with Crippen molar-refractivity contribution in [1.82, 2.24) is 0 Å². The molecule has 0 amide bonds. The van der Waals surface area contributed by atoms with Gasteiger partial charge >= 0.3 is 5.97 Å². The van der Waals surface area contributed by atoms with Crippen LogP contribution in [-0.4, -0.2) is 5.97 Å². The van der Waals surface area contributed by atoms with Crippen LogP contribution in [0.25, 0.3) is 6.08 Å². The second kappa shape index (κ2) is 6.29. The van der Waals surface area contributed by atoms with E-state index in [1.54, 1.807) is 12.1 Å². The molecular weight excluding hydrogens is 288 g/mol. The summed E-state index contributed by atoms with van der Waals surface area (Å²) in [5.41, 5.74) is 3.50. The molecule has 23 heavy (non-hydrogen) atoms. The minimum atomic E-state index is -0.313. The Balaban J connectivity index is 1.83. The summed E-state index contributed by atoms with van der Waals surface area (Å²) in [6.45, 7) is 5.59. The molecule has 0 spiro atoms. The lowest BCUT2D eigenvalue weighted by atomic mass is 9.92. The molecule has 2 aromatic carbocycles. The van der Waals surface area contributed by atoms with Crippen LogP contribution in [-0.2, 0) is 4.79 Å². The first kappa shape index (κ1) is 15.3. The van der Waals surface area contributed by atoms with Crippen molar-refractivity contribution in [2.75, 3.05) is 0 Å². The predicted octanol–water partition coefficient (Wildman–Crippen LogP) is 4.88. The SMILES string of the molecule is C/C=C/c1ccc2c(c1)[C@H](C)[C@@H](c1ccc(OC(C)=O)cc1)O2. The first-order valence-corrected chi connectivity index (χ1v) is 7.80. The maximum Gasteiger partial charge on any atom is 0.308 e. The van der Waals surface area contributed by atoms with Crippen molar-refractivity contribution in [1.29, 1.82) is 0 Å². The lowest BCUT2D eigenvalue weighted by Crippen LogP contribution is -2.07. The maximum absolute atomic E-state index is 11.0. The largest absolute Gasteiger partial charge is 0.485 e. The minimum Gasteiger partial charge on any atom is -0.485 e. The molecule has 3 rings (SSSR count). The second-order valence-corrected chi connectivity index (χ2v) is 5.79. The van der Waals surface area contributed by atoms with E-state index in [0.29, 0.717) is 5.75 Å². The summed E-state index contributed by atoms with van der Waals surface area (Å²) >= 11 is 0. The Morgan fingerprint density at radius 3 is 2.57 bits per heavy atom. The Kier molecular flexibility index (Phi) is 4.20. The topological polar surface area (TPSA) is 35.5 Å². The third-order valence-corrected chi connectivity index (χ3v) is 4.06. The van der Waals surface area contributed by atoms with E-state index >= 15 is 0 Å². The zero-order valence-electron chi connectivity index (χ0n) is 13.6. The van der Waals surface area contributed by atoms with Crippen LogP contribution in [0.5, 0.6) is 11.5 Å². The molecule has 3 heteroatoms. The van der Waals surface area contributed by atoms with Crippen LogP contribution in [0.2, 0.25) is 0 Å². The van der Waals surface area contributed by atoms with E-state index in [1.807, 2.05) is 31.2 Å². The van der Waals surface area contributed by atoms with E-state index in [4.69, 9.17) is 9.47 Å². The van der Waals surface area contributed by atoms with Crippen molar-refractivity contribution in [2.24, 2.45) is 0 Å². The smallest absolute Gasteiger partial charge is 0.308 e. The van der Waals surface area contributed by atoms with Crippen LogP contribution < -0.4 is 9.47 Å². The molecule has 0 fully saturated rings. The highest BCUT2D eigenvalue weighted by atomic mass is 16.5. The summed E-state index contributed by atoms with van der Waals surface area (Å²) in [6.07, 6.45) is 4.11. The summed E-state index contributed by atoms with van der Waals surface area (Å²) in [6, 6.07) is 13.8. The van der Waals surface area contributed by atoms with Crippen LogP contribution in [0.15, 0.2) is 48.5 Å². The Labute approximate surface area is 136 Å². The molecule has 0 bridgehead atoms. The van der Waals surface area contributed by atoms with E-state index in [1.165, 1.54) is 18.1 Å². The number of ether oxygens (including phenoxy) is 2. The maximum atomic E-state index is 11.0. The molecule has 1 aliphatic rings. The number of fused-ring (bicyclic) bond motifs is 1. The Morgan fingerprint density at radius 1 is 1.17 bits per heavy atom. The molecule has 0 N–H and O–H groups in total. The third kappa shape index (κ3) is 3.14. The molecule has 0 radical (unpaired) electrons. The Morgan fingerprint density at radius 2 is 1.91 bits per heavy atom. The normalized spacial score (nSPS) is 19.4. The molecule has 1 aliphatic heterocycles. The molecule has 0 saturated carbocycles. The van der Waals surface area contributed by atoms with Crippen molar-refractivity contribution in [3.8, 4) is 11.5 Å². The number of rotatable bonds is 3. The van der Waals surface area contributed by atoms with Gasteiger partial charge in [-0.25, -0.2) is 0 Å². The van der Waals surface area contributed by atoms with Crippen LogP contribution in [0.1, 0.15) is 49.5 Å². The molecule has 0 aromatic heterocycles. The van der Waals surface area contributed by atoms with Crippen molar-refractivity contribution < 1.29 is 14.3 Å². The molecule has 1 heterocycles. The zero-order valence-corrected chi connectivity index (χ0v) is 13.6.